The summed E-state index contributed by atoms with van der Waals surface area (Å²) in [6, 6.07) is 0.172. The van der Waals surface area contributed by atoms with Gasteiger partial charge in [0.2, 0.25) is 5.91 Å². The van der Waals surface area contributed by atoms with Crippen LogP contribution in [0.4, 0.5) is 0 Å². The minimum absolute atomic E-state index is 0.0503. The van der Waals surface area contributed by atoms with Gasteiger partial charge in [0.25, 0.3) is 12.6 Å². The van der Waals surface area contributed by atoms with Crippen molar-refractivity contribution >= 4 is 29.7 Å². The molecule has 3 saturated carbocycles. The summed E-state index contributed by atoms with van der Waals surface area (Å²) in [6.07, 6.45) is 17.0. The molecule has 334 valence electrons. The molecule has 7 atom stereocenters. The van der Waals surface area contributed by atoms with E-state index in [2.05, 4.69) is 25.6 Å². The smallest absolute Gasteiger partial charge is 0.306 e. The number of hydroxylamine groups is 2. The fourth-order valence-electron chi connectivity index (χ4n) is 5.38. The highest BCUT2D eigenvalue weighted by Gasteiger charge is 2.31. The number of nitrogens with two attached hydrogens (primary N) is 1. The minimum Gasteiger partial charge on any atom is -0.481 e. The fraction of sp³-hybridized carbons (Fsp3) is 0.867. The van der Waals surface area contributed by atoms with Gasteiger partial charge in [-0.1, -0.05) is 99.3 Å². The van der Waals surface area contributed by atoms with Crippen LogP contribution in [0, 0.1) is 42.1 Å². The molecule has 0 heterocycles. The Morgan fingerprint density at radius 2 is 1.16 bits per heavy atom. The Bertz CT molecular complexity index is 1060. The Morgan fingerprint density at radius 1 is 0.737 bits per heavy atom. The first kappa shape index (κ1) is 58.6. The van der Waals surface area contributed by atoms with Crippen molar-refractivity contribution in [1.29, 1.82) is 0 Å². The van der Waals surface area contributed by atoms with E-state index in [1.165, 1.54) is 37.9 Å². The summed E-state index contributed by atoms with van der Waals surface area (Å²) < 4.78 is 0. The summed E-state index contributed by atoms with van der Waals surface area (Å²) in [5, 5.41) is 28.8. The highest BCUT2D eigenvalue weighted by molar-refractivity contribution is 5.84. The Labute approximate surface area is 347 Å². The van der Waals surface area contributed by atoms with Gasteiger partial charge >= 0.3 is 5.97 Å². The molecule has 3 fully saturated rings. The van der Waals surface area contributed by atoms with E-state index in [1.807, 2.05) is 34.6 Å². The van der Waals surface area contributed by atoms with E-state index in [9.17, 15) is 34.2 Å². The SMILES string of the molecule is C#[N+]C1CC1.CCC[C@H](C)C(=O)N(C)OC.CCC[C@H](C)C(=O)O.CCC[C@H](C)C(O)C(=O)CC1CC1.CCC[C@H](C)C=O.CCC[C@H](N)C(O)C(=O)CC1CC1. The summed E-state index contributed by atoms with van der Waals surface area (Å²) in [7, 11) is 3.13. The van der Waals surface area contributed by atoms with Crippen LogP contribution in [0.1, 0.15) is 178 Å². The lowest BCUT2D eigenvalue weighted by Gasteiger charge is -2.17. The maximum absolute atomic E-state index is 11.5. The van der Waals surface area contributed by atoms with Gasteiger partial charge in [-0.3, -0.25) is 24.0 Å². The van der Waals surface area contributed by atoms with E-state index in [0.29, 0.717) is 30.7 Å². The number of aliphatic carboxylic acids is 1. The maximum Gasteiger partial charge on any atom is 0.306 e. The summed E-state index contributed by atoms with van der Waals surface area (Å²) in [5.74, 6) is 0.797. The average molecular weight is 813 g/mol. The normalized spacial score (nSPS) is 17.5. The van der Waals surface area contributed by atoms with Crippen LogP contribution in [-0.4, -0.2) is 88.6 Å². The summed E-state index contributed by atoms with van der Waals surface area (Å²) in [4.78, 5) is 62.4. The number of ketones is 2. The molecule has 0 aromatic heterocycles. The molecule has 12 nitrogen and oxygen atoms in total. The molecule has 0 spiro atoms. The van der Waals surface area contributed by atoms with Gasteiger partial charge in [0.15, 0.2) is 11.6 Å². The molecular weight excluding hydrogens is 727 g/mol. The highest BCUT2D eigenvalue weighted by atomic mass is 16.7. The molecule has 3 aliphatic rings. The van der Waals surface area contributed by atoms with Crippen LogP contribution < -0.4 is 5.73 Å². The Hall–Kier alpha value is -2.72. The highest BCUT2D eigenvalue weighted by Crippen LogP contribution is 2.34. The number of hydrogen-bond donors (Lipinski definition) is 4. The molecule has 3 rings (SSSR count). The monoisotopic (exact) mass is 813 g/mol. The van der Waals surface area contributed by atoms with Crippen molar-refractivity contribution in [2.45, 2.75) is 202 Å². The molecular formula is C45H86N3O9+. The summed E-state index contributed by atoms with van der Waals surface area (Å²) in [5.41, 5.74) is 5.65. The number of hydrogen-bond acceptors (Lipinski definition) is 9. The predicted molar refractivity (Wildman–Crippen MR) is 231 cm³/mol. The van der Waals surface area contributed by atoms with Crippen molar-refractivity contribution in [3.8, 4) is 6.57 Å². The molecule has 0 bridgehead atoms. The zero-order valence-electron chi connectivity index (χ0n) is 37.9. The van der Waals surface area contributed by atoms with Gasteiger partial charge in [-0.15, -0.1) is 0 Å². The molecule has 0 aromatic carbocycles. The number of aldehydes is 1. The van der Waals surface area contributed by atoms with E-state index in [4.69, 9.17) is 22.2 Å². The summed E-state index contributed by atoms with van der Waals surface area (Å²) >= 11 is 0. The fourth-order valence-corrected chi connectivity index (χ4v) is 5.38. The van der Waals surface area contributed by atoms with Crippen LogP contribution in [0.25, 0.3) is 4.85 Å². The lowest BCUT2D eigenvalue weighted by Crippen LogP contribution is -2.40. The number of carboxylic acid groups (broad SMARTS) is 1. The quantitative estimate of drug-likeness (QED) is 0.0608. The molecule has 0 radical (unpaired) electrons. The predicted octanol–water partition coefficient (Wildman–Crippen LogP) is 8.68. The third-order valence-corrected chi connectivity index (χ3v) is 9.95. The number of carbonyl (C=O) groups is 5. The van der Waals surface area contributed by atoms with E-state index in [1.54, 1.807) is 14.0 Å². The molecule has 3 aliphatic carbocycles. The number of nitrogens with zero attached hydrogens (tertiary/aromatic N) is 2. The van der Waals surface area contributed by atoms with Gasteiger partial charge in [-0.05, 0) is 75.5 Å². The van der Waals surface area contributed by atoms with Crippen molar-refractivity contribution < 1.29 is 44.1 Å². The van der Waals surface area contributed by atoms with E-state index in [-0.39, 0.29) is 47.2 Å². The average Bonchev–Trinajstić information content (AvgIpc) is 4.02. The van der Waals surface area contributed by atoms with E-state index < -0.39 is 18.2 Å². The van der Waals surface area contributed by atoms with Crippen LogP contribution in [0.3, 0.4) is 0 Å². The van der Waals surface area contributed by atoms with Crippen LogP contribution in [0.5, 0.6) is 0 Å². The third-order valence-electron chi connectivity index (χ3n) is 9.95. The van der Waals surface area contributed by atoms with Crippen molar-refractivity contribution in [2.24, 2.45) is 41.2 Å². The summed E-state index contributed by atoms with van der Waals surface area (Å²) in [6.45, 7) is 22.6. The van der Waals surface area contributed by atoms with E-state index >= 15 is 0 Å². The Morgan fingerprint density at radius 3 is 1.44 bits per heavy atom. The zero-order chi connectivity index (χ0) is 44.5. The van der Waals surface area contributed by atoms with Gasteiger partial charge in [0.1, 0.15) is 18.5 Å². The number of aliphatic hydroxyl groups is 2. The van der Waals surface area contributed by atoms with Gasteiger partial charge in [0.05, 0.1) is 13.0 Å². The molecule has 57 heavy (non-hydrogen) atoms. The molecule has 5 N–H and O–H groups in total. The van der Waals surface area contributed by atoms with Crippen LogP contribution in [0.2, 0.25) is 0 Å². The number of carboxylic acids is 1. The van der Waals surface area contributed by atoms with Gasteiger partial charge < -0.3 is 25.8 Å². The topological polar surface area (TPSA) is 189 Å². The number of rotatable bonds is 22. The van der Waals surface area contributed by atoms with Crippen molar-refractivity contribution in [3.63, 3.8) is 0 Å². The number of amides is 1. The minimum atomic E-state index is -0.930. The Kier molecular flexibility index (Phi) is 37.4. The molecule has 0 aliphatic heterocycles. The van der Waals surface area contributed by atoms with Crippen molar-refractivity contribution in [2.75, 3.05) is 14.2 Å². The van der Waals surface area contributed by atoms with Gasteiger partial charge in [-0.2, -0.15) is 0 Å². The Balaban J connectivity index is -0.000000630. The second kappa shape index (κ2) is 36.4. The van der Waals surface area contributed by atoms with Crippen LogP contribution >= 0.6 is 0 Å². The van der Waals surface area contributed by atoms with Crippen LogP contribution in [-0.2, 0) is 28.8 Å². The number of Topliss-reactive ketones (excluding diaryl/α,β-unsaturated/α-hetero) is 2. The lowest BCUT2D eigenvalue weighted by atomic mass is 9.94. The first-order valence-corrected chi connectivity index (χ1v) is 21.9. The third kappa shape index (κ3) is 35.0. The number of aliphatic hydroxyl groups excluding tert-OH is 2. The molecule has 0 saturated heterocycles. The second-order valence-corrected chi connectivity index (χ2v) is 16.4. The molecule has 0 aromatic rings. The number of carbonyl (C=O) groups excluding carboxylic acids is 4. The molecule has 2 unspecified atom stereocenters. The maximum atomic E-state index is 11.5. The standard InChI is InChI=1S/C11H20O2.C10H19NO2.C8H17NO2.C6H12O2.C6H12O.C4H6N/c1-3-4-8(2)11(13)10(12)7-9-5-6-9;1-2-3-8(11)10(13)9(12)6-7-4-5-7;1-5-6-7(2)8(10)9(3)11-4;1-3-4-5(2)6(7)8;1-3-4-6(2)5-7;1-5-4-2-3-4/h8-9,11,13H,3-7H2,1-2H3;7-8,10,13H,2-6,11H2,1H3;7H,5-6H2,1-4H3;5H,3-4H2,1-2H3,(H,7,8);5-6H,3-4H2,1-2H3;1,4H,2-3H2/q;;;;;+1/t8-,11?;8-,10?;7-;5-;6-;/m00000./s1. The van der Waals surface area contributed by atoms with Crippen LogP contribution in [0.15, 0.2) is 0 Å². The second-order valence-electron chi connectivity index (χ2n) is 16.4. The van der Waals surface area contributed by atoms with Gasteiger partial charge in [-0.25, -0.2) is 5.06 Å². The molecule has 1 amide bonds. The van der Waals surface area contributed by atoms with E-state index in [0.717, 1.165) is 83.3 Å². The van der Waals surface area contributed by atoms with Gasteiger partial charge in [0, 0.05) is 50.6 Å². The first-order chi connectivity index (χ1) is 26.8. The lowest BCUT2D eigenvalue weighted by molar-refractivity contribution is -0.173. The molecule has 12 heteroatoms. The zero-order valence-corrected chi connectivity index (χ0v) is 37.9. The van der Waals surface area contributed by atoms with Crippen molar-refractivity contribution in [1.82, 2.24) is 5.06 Å². The first-order valence-electron chi connectivity index (χ1n) is 21.9. The largest absolute Gasteiger partial charge is 0.481 e. The van der Waals surface area contributed by atoms with Crippen molar-refractivity contribution in [3.05, 3.63) is 4.85 Å².